The molecule has 0 radical (unpaired) electrons. The van der Waals surface area contributed by atoms with Gasteiger partial charge in [-0.1, -0.05) is 0 Å². The van der Waals surface area contributed by atoms with Crippen molar-refractivity contribution in [1.29, 1.82) is 0 Å². The fourth-order valence-corrected chi connectivity index (χ4v) is 1.23. The van der Waals surface area contributed by atoms with Gasteiger partial charge in [0.05, 0.1) is 6.54 Å². The van der Waals surface area contributed by atoms with E-state index in [4.69, 9.17) is 5.73 Å². The van der Waals surface area contributed by atoms with Gasteiger partial charge in [0.1, 0.15) is 0 Å². The zero-order chi connectivity index (χ0) is 12.2. The van der Waals surface area contributed by atoms with Crippen molar-refractivity contribution in [3.63, 3.8) is 0 Å². The molecule has 0 aliphatic heterocycles. The maximum Gasteiger partial charge on any atom is 0.222 e. The molecule has 1 rings (SSSR count). The minimum atomic E-state index is -0.0934. The van der Waals surface area contributed by atoms with E-state index >= 15 is 0 Å². The van der Waals surface area contributed by atoms with Gasteiger partial charge in [0, 0.05) is 18.0 Å². The summed E-state index contributed by atoms with van der Waals surface area (Å²) in [6.07, 6.45) is 2.63. The standard InChI is InChI=1S/C11H22N4O/c1-11(2,3)15-10(12)13-7-6-9(16)14-8-4-5-8/h8H,4-7H2,1-3H3,(H,14,16)(H3,12,13,15). The lowest BCUT2D eigenvalue weighted by molar-refractivity contribution is -0.121. The Labute approximate surface area is 96.9 Å². The smallest absolute Gasteiger partial charge is 0.222 e. The summed E-state index contributed by atoms with van der Waals surface area (Å²) < 4.78 is 0. The van der Waals surface area contributed by atoms with Gasteiger partial charge < -0.3 is 16.4 Å². The van der Waals surface area contributed by atoms with Crippen LogP contribution in [0.1, 0.15) is 40.0 Å². The van der Waals surface area contributed by atoms with Gasteiger partial charge in [-0.25, -0.2) is 0 Å². The molecule has 0 unspecified atom stereocenters. The van der Waals surface area contributed by atoms with Gasteiger partial charge in [0.2, 0.25) is 5.91 Å². The topological polar surface area (TPSA) is 79.5 Å². The molecule has 0 spiro atoms. The van der Waals surface area contributed by atoms with E-state index in [1.165, 1.54) is 0 Å². The maximum atomic E-state index is 11.3. The van der Waals surface area contributed by atoms with E-state index in [1.54, 1.807) is 0 Å². The van der Waals surface area contributed by atoms with Crippen molar-refractivity contribution in [1.82, 2.24) is 10.6 Å². The number of hydrogen-bond acceptors (Lipinski definition) is 2. The summed E-state index contributed by atoms with van der Waals surface area (Å²) in [7, 11) is 0. The zero-order valence-corrected chi connectivity index (χ0v) is 10.3. The average Bonchev–Trinajstić information content (AvgIpc) is 2.84. The molecule has 0 atom stereocenters. The quantitative estimate of drug-likeness (QED) is 0.478. The third-order valence-corrected chi connectivity index (χ3v) is 2.07. The highest BCUT2D eigenvalue weighted by atomic mass is 16.1. The van der Waals surface area contributed by atoms with E-state index in [-0.39, 0.29) is 11.4 Å². The van der Waals surface area contributed by atoms with Crippen LogP contribution >= 0.6 is 0 Å². The number of nitrogens with two attached hydrogens (primary N) is 1. The minimum Gasteiger partial charge on any atom is -0.370 e. The lowest BCUT2D eigenvalue weighted by Crippen LogP contribution is -2.45. The molecule has 1 fully saturated rings. The number of hydrogen-bond donors (Lipinski definition) is 3. The molecule has 0 heterocycles. The average molecular weight is 226 g/mol. The van der Waals surface area contributed by atoms with Gasteiger partial charge in [-0.3, -0.25) is 9.79 Å². The minimum absolute atomic E-state index is 0.0646. The molecule has 0 bridgehead atoms. The molecule has 0 aromatic rings. The molecule has 0 aromatic heterocycles. The highest BCUT2D eigenvalue weighted by Gasteiger charge is 2.22. The summed E-state index contributed by atoms with van der Waals surface area (Å²) in [4.78, 5) is 15.4. The van der Waals surface area contributed by atoms with Crippen LogP contribution < -0.4 is 16.4 Å². The van der Waals surface area contributed by atoms with Crippen molar-refractivity contribution in [3.8, 4) is 0 Å². The Balaban J connectivity index is 2.16. The van der Waals surface area contributed by atoms with Crippen LogP contribution in [0.3, 0.4) is 0 Å². The number of amides is 1. The van der Waals surface area contributed by atoms with Crippen LogP contribution in [0.4, 0.5) is 0 Å². The molecule has 1 saturated carbocycles. The summed E-state index contributed by atoms with van der Waals surface area (Å²) in [6, 6.07) is 0.418. The van der Waals surface area contributed by atoms with Gasteiger partial charge >= 0.3 is 0 Å². The number of nitrogens with one attached hydrogen (secondary N) is 2. The van der Waals surface area contributed by atoms with Crippen molar-refractivity contribution in [2.45, 2.75) is 51.6 Å². The summed E-state index contributed by atoms with van der Waals surface area (Å²) in [5.41, 5.74) is 5.57. The number of aliphatic imine (C=N–C) groups is 1. The number of carbonyl (C=O) groups is 1. The molecule has 5 nitrogen and oxygen atoms in total. The molecule has 1 aliphatic carbocycles. The third kappa shape index (κ3) is 6.27. The number of rotatable bonds is 4. The van der Waals surface area contributed by atoms with Gasteiger partial charge in [-0.2, -0.15) is 0 Å². The first-order chi connectivity index (χ1) is 7.37. The van der Waals surface area contributed by atoms with Crippen LogP contribution in [0.5, 0.6) is 0 Å². The van der Waals surface area contributed by atoms with Crippen LogP contribution in [0.15, 0.2) is 4.99 Å². The number of carbonyl (C=O) groups excluding carboxylic acids is 1. The first-order valence-corrected chi connectivity index (χ1v) is 5.74. The SMILES string of the molecule is CC(C)(C)NC(N)=NCCC(=O)NC1CC1. The van der Waals surface area contributed by atoms with Crippen molar-refractivity contribution in [2.24, 2.45) is 10.7 Å². The summed E-state index contributed by atoms with van der Waals surface area (Å²) in [6.45, 7) is 6.47. The Morgan fingerprint density at radius 3 is 2.56 bits per heavy atom. The Hall–Kier alpha value is -1.26. The molecule has 1 aliphatic rings. The normalized spacial score (nSPS) is 17.1. The van der Waals surface area contributed by atoms with E-state index in [0.717, 1.165) is 12.8 Å². The largest absolute Gasteiger partial charge is 0.370 e. The van der Waals surface area contributed by atoms with Crippen molar-refractivity contribution in [3.05, 3.63) is 0 Å². The molecule has 1 amide bonds. The highest BCUT2D eigenvalue weighted by molar-refractivity contribution is 5.80. The first kappa shape index (κ1) is 12.8. The maximum absolute atomic E-state index is 11.3. The summed E-state index contributed by atoms with van der Waals surface area (Å²) in [5, 5.41) is 5.95. The molecule has 92 valence electrons. The zero-order valence-electron chi connectivity index (χ0n) is 10.3. The van der Waals surface area contributed by atoms with Crippen LogP contribution in [-0.2, 0) is 4.79 Å². The monoisotopic (exact) mass is 226 g/mol. The number of nitrogens with zero attached hydrogens (tertiary/aromatic N) is 1. The van der Waals surface area contributed by atoms with Crippen molar-refractivity contribution >= 4 is 11.9 Å². The van der Waals surface area contributed by atoms with E-state index < -0.39 is 0 Å². The van der Waals surface area contributed by atoms with E-state index in [1.807, 2.05) is 20.8 Å². The molecular weight excluding hydrogens is 204 g/mol. The molecule has 0 saturated heterocycles. The van der Waals surface area contributed by atoms with Gasteiger partial charge in [0.15, 0.2) is 5.96 Å². The highest BCUT2D eigenvalue weighted by Crippen LogP contribution is 2.18. The summed E-state index contributed by atoms with van der Waals surface area (Å²) >= 11 is 0. The van der Waals surface area contributed by atoms with Crippen LogP contribution in [0.25, 0.3) is 0 Å². The second-order valence-corrected chi connectivity index (χ2v) is 5.23. The fraction of sp³-hybridized carbons (Fsp3) is 0.818. The summed E-state index contributed by atoms with van der Waals surface area (Å²) in [5.74, 6) is 0.460. The second kappa shape index (κ2) is 5.18. The van der Waals surface area contributed by atoms with Crippen LogP contribution in [-0.4, -0.2) is 30.0 Å². The van der Waals surface area contributed by atoms with Gasteiger partial charge in [-0.15, -0.1) is 0 Å². The predicted molar refractivity (Wildman–Crippen MR) is 65.2 cm³/mol. The Morgan fingerprint density at radius 2 is 2.06 bits per heavy atom. The lowest BCUT2D eigenvalue weighted by Gasteiger charge is -2.20. The third-order valence-electron chi connectivity index (χ3n) is 2.07. The fourth-order valence-electron chi connectivity index (χ4n) is 1.23. The van der Waals surface area contributed by atoms with Crippen molar-refractivity contribution < 1.29 is 4.79 Å². The molecule has 5 heteroatoms. The predicted octanol–water partition coefficient (Wildman–Crippen LogP) is 0.358. The van der Waals surface area contributed by atoms with E-state index in [2.05, 4.69) is 15.6 Å². The lowest BCUT2D eigenvalue weighted by atomic mass is 10.1. The second-order valence-electron chi connectivity index (χ2n) is 5.23. The molecule has 0 aromatic carbocycles. The number of guanidine groups is 1. The van der Waals surface area contributed by atoms with E-state index in [9.17, 15) is 4.79 Å². The van der Waals surface area contributed by atoms with Crippen molar-refractivity contribution in [2.75, 3.05) is 6.54 Å². The van der Waals surface area contributed by atoms with Gasteiger partial charge in [-0.05, 0) is 33.6 Å². The Kier molecular flexibility index (Phi) is 4.15. The molecular formula is C11H22N4O. The van der Waals surface area contributed by atoms with Crippen LogP contribution in [0.2, 0.25) is 0 Å². The van der Waals surface area contributed by atoms with E-state index in [0.29, 0.717) is 25.0 Å². The van der Waals surface area contributed by atoms with Crippen LogP contribution in [0, 0.1) is 0 Å². The first-order valence-electron chi connectivity index (χ1n) is 5.74. The van der Waals surface area contributed by atoms with Gasteiger partial charge in [0.25, 0.3) is 0 Å². The molecule has 16 heavy (non-hydrogen) atoms. The molecule has 4 N–H and O–H groups in total. The Morgan fingerprint density at radius 1 is 1.44 bits per heavy atom. The Bertz CT molecular complexity index is 276.